The molecule has 9 heteroatoms. The SMILES string of the molecule is NC(CNC(=O)O)COC(=O)C(F)(F)F. The standard InChI is InChI=1S/C6H9F3N2O4/c7-6(8,9)4(12)15-2-3(10)1-11-5(13)14/h3,11H,1-2,10H2,(H,13,14). The van der Waals surface area contributed by atoms with Gasteiger partial charge < -0.3 is 20.9 Å². The van der Waals surface area contributed by atoms with Crippen LogP contribution < -0.4 is 11.1 Å². The molecule has 0 aliphatic heterocycles. The Labute approximate surface area is 82.2 Å². The molecular weight excluding hydrogens is 221 g/mol. The molecule has 0 aliphatic rings. The number of halogens is 3. The second-order valence-corrected chi connectivity index (χ2v) is 2.54. The van der Waals surface area contributed by atoms with E-state index in [1.54, 1.807) is 0 Å². The molecule has 0 radical (unpaired) electrons. The van der Waals surface area contributed by atoms with Gasteiger partial charge in [-0.25, -0.2) is 9.59 Å². The van der Waals surface area contributed by atoms with Crippen molar-refractivity contribution in [3.8, 4) is 0 Å². The first kappa shape index (κ1) is 13.5. The largest absolute Gasteiger partial charge is 0.490 e. The lowest BCUT2D eigenvalue weighted by molar-refractivity contribution is -0.200. The van der Waals surface area contributed by atoms with Gasteiger partial charge in [-0.2, -0.15) is 13.2 Å². The highest BCUT2D eigenvalue weighted by molar-refractivity contribution is 5.75. The number of alkyl halides is 3. The number of hydrogen-bond donors (Lipinski definition) is 3. The van der Waals surface area contributed by atoms with Crippen molar-refractivity contribution in [2.75, 3.05) is 13.2 Å². The lowest BCUT2D eigenvalue weighted by Crippen LogP contribution is -2.41. The van der Waals surface area contributed by atoms with E-state index >= 15 is 0 Å². The number of carbonyl (C=O) groups excluding carboxylic acids is 1. The van der Waals surface area contributed by atoms with Crippen molar-refractivity contribution < 1.29 is 32.6 Å². The van der Waals surface area contributed by atoms with Crippen molar-refractivity contribution in [2.45, 2.75) is 12.2 Å². The minimum atomic E-state index is -5.07. The number of carboxylic acid groups (broad SMARTS) is 1. The zero-order valence-electron chi connectivity index (χ0n) is 7.37. The van der Waals surface area contributed by atoms with Crippen LogP contribution in [0.5, 0.6) is 0 Å². The van der Waals surface area contributed by atoms with Crippen molar-refractivity contribution in [3.05, 3.63) is 0 Å². The molecule has 0 aliphatic carbocycles. The lowest BCUT2D eigenvalue weighted by atomic mass is 10.3. The van der Waals surface area contributed by atoms with E-state index in [0.29, 0.717) is 0 Å². The highest BCUT2D eigenvalue weighted by Crippen LogP contribution is 2.16. The molecule has 88 valence electrons. The second-order valence-electron chi connectivity index (χ2n) is 2.54. The number of esters is 1. The van der Waals surface area contributed by atoms with Gasteiger partial charge in [0.15, 0.2) is 0 Å². The molecule has 0 saturated heterocycles. The minimum absolute atomic E-state index is 0.305. The van der Waals surface area contributed by atoms with Crippen LogP contribution in [0.2, 0.25) is 0 Å². The van der Waals surface area contributed by atoms with Crippen LogP contribution >= 0.6 is 0 Å². The van der Waals surface area contributed by atoms with Gasteiger partial charge in [-0.15, -0.1) is 0 Å². The van der Waals surface area contributed by atoms with Crippen LogP contribution in [0.3, 0.4) is 0 Å². The van der Waals surface area contributed by atoms with E-state index in [9.17, 15) is 22.8 Å². The van der Waals surface area contributed by atoms with E-state index in [2.05, 4.69) is 4.74 Å². The Balaban J connectivity index is 3.76. The molecule has 6 nitrogen and oxygen atoms in total. The van der Waals surface area contributed by atoms with E-state index < -0.39 is 30.9 Å². The summed E-state index contributed by atoms with van der Waals surface area (Å²) in [7, 11) is 0. The van der Waals surface area contributed by atoms with E-state index in [1.807, 2.05) is 5.32 Å². The van der Waals surface area contributed by atoms with Crippen LogP contribution in [0.1, 0.15) is 0 Å². The first-order valence-electron chi connectivity index (χ1n) is 3.69. The average molecular weight is 230 g/mol. The van der Waals surface area contributed by atoms with Gasteiger partial charge in [-0.1, -0.05) is 0 Å². The fraction of sp³-hybridized carbons (Fsp3) is 0.667. The maximum atomic E-state index is 11.6. The van der Waals surface area contributed by atoms with Crippen LogP contribution in [0.15, 0.2) is 0 Å². The first-order valence-corrected chi connectivity index (χ1v) is 3.69. The predicted octanol–water partition coefficient (Wildman–Crippen LogP) is -0.313. The number of ether oxygens (including phenoxy) is 1. The lowest BCUT2D eigenvalue weighted by Gasteiger charge is -2.12. The third-order valence-electron chi connectivity index (χ3n) is 1.18. The highest BCUT2D eigenvalue weighted by Gasteiger charge is 2.41. The van der Waals surface area contributed by atoms with Crippen LogP contribution in [0, 0.1) is 0 Å². The van der Waals surface area contributed by atoms with E-state index in [0.717, 1.165) is 0 Å². The molecule has 0 bridgehead atoms. The number of amides is 1. The van der Waals surface area contributed by atoms with Gasteiger partial charge >= 0.3 is 18.2 Å². The van der Waals surface area contributed by atoms with Gasteiger partial charge in [0.25, 0.3) is 0 Å². The molecule has 0 saturated carbocycles. The smallest absolute Gasteiger partial charge is 0.465 e. The molecule has 1 unspecified atom stereocenters. The molecule has 0 fully saturated rings. The second kappa shape index (κ2) is 5.39. The molecule has 0 aromatic carbocycles. The highest BCUT2D eigenvalue weighted by atomic mass is 19.4. The van der Waals surface area contributed by atoms with Crippen molar-refractivity contribution in [2.24, 2.45) is 5.73 Å². The summed E-state index contributed by atoms with van der Waals surface area (Å²) < 4.78 is 38.5. The van der Waals surface area contributed by atoms with E-state index in [1.165, 1.54) is 0 Å². The van der Waals surface area contributed by atoms with Gasteiger partial charge in [-0.3, -0.25) is 0 Å². The van der Waals surface area contributed by atoms with Crippen LogP contribution in [0.25, 0.3) is 0 Å². The topological polar surface area (TPSA) is 102 Å². The summed E-state index contributed by atoms with van der Waals surface area (Å²) in [5.41, 5.74) is 5.14. The fourth-order valence-corrected chi connectivity index (χ4v) is 0.542. The number of rotatable bonds is 4. The third-order valence-corrected chi connectivity index (χ3v) is 1.18. The maximum Gasteiger partial charge on any atom is 0.490 e. The van der Waals surface area contributed by atoms with Crippen LogP contribution in [-0.4, -0.2) is 42.5 Å². The molecule has 0 aromatic rings. The zero-order chi connectivity index (χ0) is 12.1. The molecule has 15 heavy (non-hydrogen) atoms. The Bertz CT molecular complexity index is 243. The summed E-state index contributed by atoms with van der Waals surface area (Å²) >= 11 is 0. The Morgan fingerprint density at radius 3 is 2.40 bits per heavy atom. The molecule has 0 aromatic heterocycles. The van der Waals surface area contributed by atoms with Crippen molar-refractivity contribution in [3.63, 3.8) is 0 Å². The maximum absolute atomic E-state index is 11.6. The van der Waals surface area contributed by atoms with Crippen molar-refractivity contribution in [1.29, 1.82) is 0 Å². The summed E-state index contributed by atoms with van der Waals surface area (Å²) in [4.78, 5) is 20.1. The summed E-state index contributed by atoms with van der Waals surface area (Å²) in [5.74, 6) is -2.35. The molecule has 0 spiro atoms. The van der Waals surface area contributed by atoms with E-state index in [4.69, 9.17) is 10.8 Å². The van der Waals surface area contributed by atoms with Crippen LogP contribution in [-0.2, 0) is 9.53 Å². The first-order chi connectivity index (χ1) is 6.73. The van der Waals surface area contributed by atoms with Crippen molar-refractivity contribution >= 4 is 12.1 Å². The Morgan fingerprint density at radius 2 is 2.00 bits per heavy atom. The van der Waals surface area contributed by atoms with E-state index in [-0.39, 0.29) is 6.54 Å². The molecule has 0 rings (SSSR count). The summed E-state index contributed by atoms with van der Waals surface area (Å²) in [6.07, 6.45) is -6.44. The average Bonchev–Trinajstić information content (AvgIpc) is 2.09. The number of nitrogens with two attached hydrogens (primary N) is 1. The molecule has 1 amide bonds. The Kier molecular flexibility index (Phi) is 4.85. The number of hydrogen-bond acceptors (Lipinski definition) is 4. The van der Waals surface area contributed by atoms with Gasteiger partial charge in [0.05, 0.1) is 6.04 Å². The number of carbonyl (C=O) groups is 2. The predicted molar refractivity (Wildman–Crippen MR) is 41.0 cm³/mol. The zero-order valence-corrected chi connectivity index (χ0v) is 7.37. The number of nitrogens with one attached hydrogen (secondary N) is 1. The molecule has 4 N–H and O–H groups in total. The third kappa shape index (κ3) is 6.55. The molecule has 1 atom stereocenters. The van der Waals surface area contributed by atoms with Crippen molar-refractivity contribution in [1.82, 2.24) is 5.32 Å². The summed E-state index contributed by atoms with van der Waals surface area (Å²) in [6.45, 7) is -1.01. The van der Waals surface area contributed by atoms with Gasteiger partial charge in [0, 0.05) is 6.54 Å². The van der Waals surface area contributed by atoms with Crippen LogP contribution in [0.4, 0.5) is 18.0 Å². The molecule has 0 heterocycles. The van der Waals surface area contributed by atoms with Gasteiger partial charge in [-0.05, 0) is 0 Å². The fourth-order valence-electron chi connectivity index (χ4n) is 0.542. The summed E-state index contributed by atoms with van der Waals surface area (Å²) in [5, 5.41) is 9.94. The normalized spacial score (nSPS) is 13.1. The minimum Gasteiger partial charge on any atom is -0.465 e. The summed E-state index contributed by atoms with van der Waals surface area (Å²) in [6, 6.07) is -1.02. The Hall–Kier alpha value is -1.51. The monoisotopic (exact) mass is 230 g/mol. The molecular formula is C6H9F3N2O4. The van der Waals surface area contributed by atoms with Gasteiger partial charge in [0.2, 0.25) is 0 Å². The van der Waals surface area contributed by atoms with Gasteiger partial charge in [0.1, 0.15) is 6.61 Å². The quantitative estimate of drug-likeness (QED) is 0.575. The Morgan fingerprint density at radius 1 is 1.47 bits per heavy atom.